The summed E-state index contributed by atoms with van der Waals surface area (Å²) in [7, 11) is -1.89. The highest BCUT2D eigenvalue weighted by Crippen LogP contribution is 2.37. The summed E-state index contributed by atoms with van der Waals surface area (Å²) in [4.78, 5) is 4.89. The standard InChI is InChI=1S/C22H35ClN2O2Si/c1-7-8-13-21-24-19(16-27-28(5,6)22(2,3)4)20(15-26)25(21)14-17-11-9-10-12-18(17)23/h9-12,26H,7-8,13-16H2,1-6H3. The number of rotatable bonds is 9. The van der Waals surface area contributed by atoms with E-state index in [1.807, 2.05) is 24.3 Å². The minimum atomic E-state index is -1.89. The van der Waals surface area contributed by atoms with E-state index in [0.29, 0.717) is 13.2 Å². The predicted octanol–water partition coefficient (Wildman–Crippen LogP) is 5.94. The number of halogens is 1. The number of aliphatic hydroxyl groups excluding tert-OH is 1. The van der Waals surface area contributed by atoms with Crippen molar-refractivity contribution in [2.75, 3.05) is 0 Å². The highest BCUT2D eigenvalue weighted by Gasteiger charge is 2.37. The van der Waals surface area contributed by atoms with Gasteiger partial charge >= 0.3 is 0 Å². The van der Waals surface area contributed by atoms with Gasteiger partial charge in [-0.05, 0) is 36.2 Å². The van der Waals surface area contributed by atoms with E-state index >= 15 is 0 Å². The smallest absolute Gasteiger partial charge is 0.192 e. The SMILES string of the molecule is CCCCc1nc(CO[Si](C)(C)C(C)(C)C)c(CO)n1Cc1ccccc1Cl. The number of benzene rings is 1. The van der Waals surface area contributed by atoms with E-state index in [2.05, 4.69) is 45.4 Å². The fraction of sp³-hybridized carbons (Fsp3) is 0.591. The van der Waals surface area contributed by atoms with Crippen LogP contribution in [0.5, 0.6) is 0 Å². The monoisotopic (exact) mass is 422 g/mol. The lowest BCUT2D eigenvalue weighted by Gasteiger charge is -2.36. The quantitative estimate of drug-likeness (QED) is 0.508. The third kappa shape index (κ3) is 5.47. The van der Waals surface area contributed by atoms with E-state index in [1.165, 1.54) is 0 Å². The Bertz CT molecular complexity index is 781. The Morgan fingerprint density at radius 1 is 1.21 bits per heavy atom. The Balaban J connectivity index is 2.36. The number of aromatic nitrogens is 2. The predicted molar refractivity (Wildman–Crippen MR) is 119 cm³/mol. The topological polar surface area (TPSA) is 47.3 Å². The summed E-state index contributed by atoms with van der Waals surface area (Å²) in [6.45, 7) is 14.4. The second-order valence-electron chi connectivity index (χ2n) is 8.91. The van der Waals surface area contributed by atoms with Crippen molar-refractivity contribution in [3.05, 3.63) is 52.1 Å². The Morgan fingerprint density at radius 3 is 2.46 bits per heavy atom. The molecule has 0 unspecified atom stereocenters. The zero-order valence-electron chi connectivity index (χ0n) is 18.2. The second kappa shape index (κ2) is 9.57. The van der Waals surface area contributed by atoms with Gasteiger partial charge in [-0.2, -0.15) is 0 Å². The lowest BCUT2D eigenvalue weighted by Crippen LogP contribution is -2.40. The molecule has 0 aliphatic heterocycles. The van der Waals surface area contributed by atoms with Crippen molar-refractivity contribution < 1.29 is 9.53 Å². The van der Waals surface area contributed by atoms with Gasteiger partial charge in [-0.15, -0.1) is 0 Å². The second-order valence-corrected chi connectivity index (χ2v) is 14.1. The maximum atomic E-state index is 10.1. The van der Waals surface area contributed by atoms with E-state index in [-0.39, 0.29) is 11.6 Å². The Labute approximate surface area is 176 Å². The summed E-state index contributed by atoms with van der Waals surface area (Å²) in [6.07, 6.45) is 3.05. The zero-order valence-corrected chi connectivity index (χ0v) is 19.9. The van der Waals surface area contributed by atoms with Crippen molar-refractivity contribution in [2.45, 2.75) is 84.8 Å². The third-order valence-electron chi connectivity index (χ3n) is 5.80. The van der Waals surface area contributed by atoms with Crippen LogP contribution in [0.1, 0.15) is 63.3 Å². The maximum Gasteiger partial charge on any atom is 0.192 e. The molecule has 0 bridgehead atoms. The molecular formula is C22H35ClN2O2Si. The van der Waals surface area contributed by atoms with E-state index < -0.39 is 8.32 Å². The molecule has 0 aliphatic carbocycles. The molecule has 156 valence electrons. The highest BCUT2D eigenvalue weighted by atomic mass is 35.5. The van der Waals surface area contributed by atoms with E-state index in [0.717, 1.165) is 47.1 Å². The summed E-state index contributed by atoms with van der Waals surface area (Å²) < 4.78 is 8.52. The molecule has 0 saturated carbocycles. The summed E-state index contributed by atoms with van der Waals surface area (Å²) in [5.74, 6) is 1.000. The molecule has 0 atom stereocenters. The van der Waals surface area contributed by atoms with Crippen LogP contribution >= 0.6 is 11.6 Å². The molecule has 1 aromatic heterocycles. The molecule has 4 nitrogen and oxygen atoms in total. The highest BCUT2D eigenvalue weighted by molar-refractivity contribution is 6.74. The molecule has 0 radical (unpaired) electrons. The van der Waals surface area contributed by atoms with Crippen LogP contribution in [0.3, 0.4) is 0 Å². The van der Waals surface area contributed by atoms with E-state index in [1.54, 1.807) is 0 Å². The van der Waals surface area contributed by atoms with E-state index in [9.17, 15) is 5.11 Å². The molecule has 0 aliphatic rings. The number of aryl methyl sites for hydroxylation is 1. The largest absolute Gasteiger partial charge is 0.411 e. The molecule has 0 spiro atoms. The first-order valence-electron chi connectivity index (χ1n) is 10.2. The van der Waals surface area contributed by atoms with Crippen LogP contribution in [-0.2, 0) is 30.6 Å². The van der Waals surface area contributed by atoms with Crippen molar-refractivity contribution in [3.8, 4) is 0 Å². The van der Waals surface area contributed by atoms with Gasteiger partial charge in [-0.3, -0.25) is 0 Å². The van der Waals surface area contributed by atoms with Crippen LogP contribution < -0.4 is 0 Å². The van der Waals surface area contributed by atoms with Crippen LogP contribution in [0.25, 0.3) is 0 Å². The number of imidazole rings is 1. The normalized spacial score (nSPS) is 12.6. The number of nitrogens with zero attached hydrogens (tertiary/aromatic N) is 2. The van der Waals surface area contributed by atoms with Gasteiger partial charge in [0.2, 0.25) is 0 Å². The summed E-state index contributed by atoms with van der Waals surface area (Å²) >= 11 is 6.39. The third-order valence-corrected chi connectivity index (χ3v) is 10.6. The van der Waals surface area contributed by atoms with Crippen molar-refractivity contribution in [3.63, 3.8) is 0 Å². The lowest BCUT2D eigenvalue weighted by atomic mass is 10.2. The molecule has 1 N–H and O–H groups in total. The average Bonchev–Trinajstić information content (AvgIpc) is 2.95. The number of aliphatic hydroxyl groups is 1. The van der Waals surface area contributed by atoms with Crippen molar-refractivity contribution in [2.24, 2.45) is 0 Å². The van der Waals surface area contributed by atoms with Gasteiger partial charge < -0.3 is 14.1 Å². The van der Waals surface area contributed by atoms with Crippen LogP contribution in [0, 0.1) is 0 Å². The fourth-order valence-electron chi connectivity index (χ4n) is 2.86. The summed E-state index contributed by atoms with van der Waals surface area (Å²) in [5.41, 5.74) is 2.72. The van der Waals surface area contributed by atoms with Crippen molar-refractivity contribution >= 4 is 19.9 Å². The van der Waals surface area contributed by atoms with Gasteiger partial charge in [0.25, 0.3) is 0 Å². The van der Waals surface area contributed by atoms with Gasteiger partial charge in [-0.25, -0.2) is 4.98 Å². The minimum Gasteiger partial charge on any atom is -0.411 e. The van der Waals surface area contributed by atoms with Crippen LogP contribution in [0.4, 0.5) is 0 Å². The Kier molecular flexibility index (Phi) is 7.91. The first-order chi connectivity index (χ1) is 13.1. The molecule has 0 saturated heterocycles. The molecule has 1 heterocycles. The first-order valence-corrected chi connectivity index (χ1v) is 13.4. The van der Waals surface area contributed by atoms with E-state index in [4.69, 9.17) is 21.0 Å². The molecule has 6 heteroatoms. The molecule has 28 heavy (non-hydrogen) atoms. The van der Waals surface area contributed by atoms with Crippen molar-refractivity contribution in [1.29, 1.82) is 0 Å². The van der Waals surface area contributed by atoms with Gasteiger partial charge in [0, 0.05) is 11.4 Å². The lowest BCUT2D eigenvalue weighted by molar-refractivity contribution is 0.250. The van der Waals surface area contributed by atoms with Gasteiger partial charge in [-0.1, -0.05) is 63.9 Å². The van der Waals surface area contributed by atoms with Crippen LogP contribution in [0.15, 0.2) is 24.3 Å². The van der Waals surface area contributed by atoms with Crippen molar-refractivity contribution in [1.82, 2.24) is 9.55 Å². The fourth-order valence-corrected chi connectivity index (χ4v) is 3.99. The molecule has 2 rings (SSSR count). The number of unbranched alkanes of at least 4 members (excludes halogenated alkanes) is 1. The average molecular weight is 423 g/mol. The number of hydrogen-bond donors (Lipinski definition) is 1. The molecule has 0 fully saturated rings. The molecule has 1 aromatic carbocycles. The summed E-state index contributed by atoms with van der Waals surface area (Å²) in [6, 6.07) is 7.85. The molecular weight excluding hydrogens is 388 g/mol. The minimum absolute atomic E-state index is 0.0558. The molecule has 0 amide bonds. The van der Waals surface area contributed by atoms with Gasteiger partial charge in [0.15, 0.2) is 8.32 Å². The number of hydrogen-bond acceptors (Lipinski definition) is 3. The Morgan fingerprint density at radius 2 is 1.89 bits per heavy atom. The Hall–Kier alpha value is -1.14. The van der Waals surface area contributed by atoms with Gasteiger partial charge in [0.1, 0.15) is 5.82 Å². The zero-order chi connectivity index (χ0) is 20.9. The maximum absolute atomic E-state index is 10.1. The summed E-state index contributed by atoms with van der Waals surface area (Å²) in [5, 5.41) is 11.0. The van der Waals surface area contributed by atoms with Crippen LogP contribution in [-0.4, -0.2) is 23.0 Å². The first kappa shape index (κ1) is 23.1. The van der Waals surface area contributed by atoms with Gasteiger partial charge in [0.05, 0.1) is 31.1 Å². The van der Waals surface area contributed by atoms with Crippen LogP contribution in [0.2, 0.25) is 23.2 Å². The molecule has 2 aromatic rings.